The van der Waals surface area contributed by atoms with Crippen LogP contribution in [0.1, 0.15) is 18.3 Å². The first-order valence-electron chi connectivity index (χ1n) is 9.94. The van der Waals surface area contributed by atoms with Crippen LogP contribution < -0.4 is 0 Å². The third-order valence-electron chi connectivity index (χ3n) is 4.68. The first-order chi connectivity index (χ1) is 15.5. The van der Waals surface area contributed by atoms with Crippen molar-refractivity contribution in [2.24, 2.45) is 4.99 Å². The van der Waals surface area contributed by atoms with Gasteiger partial charge >= 0.3 is 0 Å². The van der Waals surface area contributed by atoms with Crippen LogP contribution in [0.15, 0.2) is 11.3 Å². The highest BCUT2D eigenvalue weighted by molar-refractivity contribution is 5.91. The van der Waals surface area contributed by atoms with Crippen molar-refractivity contribution < 1.29 is 14.9 Å². The van der Waals surface area contributed by atoms with E-state index in [0.29, 0.717) is 42.2 Å². The maximum absolute atomic E-state index is 10.1. The number of terminal acetylenes is 2. The molecule has 166 valence electrons. The fraction of sp³-hybridized carbons (Fsp3) is 0.455. The Labute approximate surface area is 186 Å². The van der Waals surface area contributed by atoms with Gasteiger partial charge in [0.1, 0.15) is 18.1 Å². The standard InChI is InChI=1S/C22H25N7O3/c1-5-9-28(10-6-2)11-7-8-16-20-21(25-15-27(3)4)23-14-24-22(20)29(26-16)19-12-17(31)18(13-30)32-19/h1-2,14-15,17-19,30-31H,9-13H2,3-4H3/b25-15+/t17-,18+,19+/m0/s1. The summed E-state index contributed by atoms with van der Waals surface area (Å²) in [5.74, 6) is 11.6. The van der Waals surface area contributed by atoms with Gasteiger partial charge in [-0.15, -0.1) is 12.8 Å². The summed E-state index contributed by atoms with van der Waals surface area (Å²) < 4.78 is 7.32. The van der Waals surface area contributed by atoms with E-state index in [1.54, 1.807) is 15.9 Å². The molecule has 3 heterocycles. The molecule has 2 N–H and O–H groups in total. The minimum atomic E-state index is -0.812. The third kappa shape index (κ3) is 5.23. The van der Waals surface area contributed by atoms with Gasteiger partial charge in [0.05, 0.1) is 44.1 Å². The molecule has 10 nitrogen and oxygen atoms in total. The SMILES string of the molecule is C#CCN(CC#C)CC#Cc1nn([C@H]2C[C@H](O)[C@@H](CO)O2)c2ncnc(/N=C/N(C)C)c12. The summed E-state index contributed by atoms with van der Waals surface area (Å²) in [6, 6.07) is 0. The van der Waals surface area contributed by atoms with Crippen LogP contribution in [0.3, 0.4) is 0 Å². The van der Waals surface area contributed by atoms with Gasteiger partial charge in [-0.3, -0.25) is 4.90 Å². The van der Waals surface area contributed by atoms with Gasteiger partial charge in [0.15, 0.2) is 17.7 Å². The van der Waals surface area contributed by atoms with Crippen LogP contribution in [0.25, 0.3) is 11.0 Å². The minimum absolute atomic E-state index is 0.257. The molecule has 3 atom stereocenters. The number of aliphatic imine (C=N–C) groups is 1. The Bertz CT molecular complexity index is 1100. The maximum Gasteiger partial charge on any atom is 0.169 e. The molecule has 1 aliphatic rings. The van der Waals surface area contributed by atoms with Crippen molar-refractivity contribution in [2.75, 3.05) is 40.3 Å². The van der Waals surface area contributed by atoms with Gasteiger partial charge in [-0.25, -0.2) is 19.6 Å². The smallest absolute Gasteiger partial charge is 0.169 e. The zero-order valence-corrected chi connectivity index (χ0v) is 18.0. The number of rotatable bonds is 7. The van der Waals surface area contributed by atoms with Gasteiger partial charge in [-0.2, -0.15) is 5.10 Å². The van der Waals surface area contributed by atoms with Crippen LogP contribution in [-0.2, 0) is 4.74 Å². The molecule has 0 aliphatic carbocycles. The first-order valence-corrected chi connectivity index (χ1v) is 9.94. The summed E-state index contributed by atoms with van der Waals surface area (Å²) >= 11 is 0. The molecule has 0 aromatic carbocycles. The molecule has 10 heteroatoms. The predicted molar refractivity (Wildman–Crippen MR) is 120 cm³/mol. The molecule has 0 unspecified atom stereocenters. The minimum Gasteiger partial charge on any atom is -0.394 e. The largest absolute Gasteiger partial charge is 0.394 e. The summed E-state index contributed by atoms with van der Waals surface area (Å²) in [5.41, 5.74) is 0.883. The molecular weight excluding hydrogens is 410 g/mol. The van der Waals surface area contributed by atoms with Gasteiger partial charge in [-0.1, -0.05) is 17.8 Å². The molecule has 0 saturated carbocycles. The second-order valence-corrected chi connectivity index (χ2v) is 7.37. The zero-order chi connectivity index (χ0) is 23.1. The number of aromatic nitrogens is 4. The molecule has 0 radical (unpaired) electrons. The Morgan fingerprint density at radius 2 is 2.03 bits per heavy atom. The summed E-state index contributed by atoms with van der Waals surface area (Å²) in [5, 5.41) is 24.7. The highest BCUT2D eigenvalue weighted by Gasteiger charge is 2.36. The topological polar surface area (TPSA) is 112 Å². The van der Waals surface area contributed by atoms with E-state index in [1.165, 1.54) is 6.33 Å². The van der Waals surface area contributed by atoms with E-state index in [-0.39, 0.29) is 13.0 Å². The zero-order valence-electron chi connectivity index (χ0n) is 18.0. The number of aliphatic hydroxyl groups excluding tert-OH is 2. The Kier molecular flexibility index (Phi) is 7.77. The molecule has 1 fully saturated rings. The van der Waals surface area contributed by atoms with Gasteiger partial charge in [-0.05, 0) is 5.92 Å². The Morgan fingerprint density at radius 1 is 1.28 bits per heavy atom. The van der Waals surface area contributed by atoms with E-state index in [4.69, 9.17) is 17.6 Å². The van der Waals surface area contributed by atoms with Gasteiger partial charge in [0.2, 0.25) is 0 Å². The highest BCUT2D eigenvalue weighted by atomic mass is 16.5. The van der Waals surface area contributed by atoms with E-state index in [9.17, 15) is 10.2 Å². The van der Waals surface area contributed by atoms with Gasteiger partial charge < -0.3 is 19.8 Å². The molecule has 0 amide bonds. The number of aliphatic hydroxyl groups is 2. The number of hydrogen-bond donors (Lipinski definition) is 2. The van der Waals surface area contributed by atoms with Crippen molar-refractivity contribution in [3.63, 3.8) is 0 Å². The van der Waals surface area contributed by atoms with E-state index < -0.39 is 18.4 Å². The lowest BCUT2D eigenvalue weighted by Gasteiger charge is -2.12. The number of hydrogen-bond acceptors (Lipinski definition) is 8. The molecule has 1 saturated heterocycles. The average molecular weight is 435 g/mol. The van der Waals surface area contributed by atoms with Crippen molar-refractivity contribution in [3.8, 4) is 36.5 Å². The molecule has 1 aliphatic heterocycles. The Hall–Kier alpha value is -3.46. The molecule has 2 aromatic rings. The van der Waals surface area contributed by atoms with E-state index in [2.05, 4.69) is 43.7 Å². The Balaban J connectivity index is 2.04. The maximum atomic E-state index is 10.1. The van der Waals surface area contributed by atoms with Crippen molar-refractivity contribution in [1.29, 1.82) is 0 Å². The first kappa shape index (κ1) is 23.2. The second-order valence-electron chi connectivity index (χ2n) is 7.37. The number of nitrogens with zero attached hydrogens (tertiary/aromatic N) is 7. The second kappa shape index (κ2) is 10.7. The predicted octanol–water partition coefficient (Wildman–Crippen LogP) is -0.392. The molecule has 0 spiro atoms. The van der Waals surface area contributed by atoms with Crippen molar-refractivity contribution in [2.45, 2.75) is 24.9 Å². The monoisotopic (exact) mass is 435 g/mol. The average Bonchev–Trinajstić information content (AvgIpc) is 3.33. The van der Waals surface area contributed by atoms with Gasteiger partial charge in [0, 0.05) is 20.5 Å². The molecule has 2 aromatic heterocycles. The Morgan fingerprint density at radius 3 is 2.66 bits per heavy atom. The fourth-order valence-corrected chi connectivity index (χ4v) is 3.20. The van der Waals surface area contributed by atoms with Crippen molar-refractivity contribution in [3.05, 3.63) is 12.0 Å². The lowest BCUT2D eigenvalue weighted by Crippen LogP contribution is -2.24. The quantitative estimate of drug-likeness (QED) is 0.344. The number of fused-ring (bicyclic) bond motifs is 1. The summed E-state index contributed by atoms with van der Waals surface area (Å²) in [6.07, 6.45) is 11.9. The van der Waals surface area contributed by atoms with Crippen LogP contribution in [0.5, 0.6) is 0 Å². The molecule has 3 rings (SSSR count). The fourth-order valence-electron chi connectivity index (χ4n) is 3.20. The normalized spacial score (nSPS) is 20.3. The van der Waals surface area contributed by atoms with Crippen LogP contribution in [-0.4, -0.2) is 98.6 Å². The van der Waals surface area contributed by atoms with Crippen molar-refractivity contribution >= 4 is 23.2 Å². The molecule has 0 bridgehead atoms. The molecule has 32 heavy (non-hydrogen) atoms. The summed E-state index contributed by atoms with van der Waals surface area (Å²) in [7, 11) is 3.70. The summed E-state index contributed by atoms with van der Waals surface area (Å²) in [4.78, 5) is 16.7. The van der Waals surface area contributed by atoms with E-state index in [1.807, 2.05) is 19.0 Å². The molecular formula is C22H25N7O3. The third-order valence-corrected chi connectivity index (χ3v) is 4.68. The van der Waals surface area contributed by atoms with E-state index >= 15 is 0 Å². The summed E-state index contributed by atoms with van der Waals surface area (Å²) in [6.45, 7) is 0.826. The van der Waals surface area contributed by atoms with E-state index in [0.717, 1.165) is 0 Å². The van der Waals surface area contributed by atoms with Crippen LogP contribution in [0, 0.1) is 36.5 Å². The van der Waals surface area contributed by atoms with Crippen LogP contribution >= 0.6 is 0 Å². The van der Waals surface area contributed by atoms with Crippen molar-refractivity contribution in [1.82, 2.24) is 29.5 Å². The van der Waals surface area contributed by atoms with Crippen LogP contribution in [0.4, 0.5) is 5.82 Å². The highest BCUT2D eigenvalue weighted by Crippen LogP contribution is 2.33. The lowest BCUT2D eigenvalue weighted by atomic mass is 10.2. The number of ether oxygens (including phenoxy) is 1. The lowest BCUT2D eigenvalue weighted by molar-refractivity contribution is -0.0470. The van der Waals surface area contributed by atoms with Gasteiger partial charge in [0.25, 0.3) is 0 Å². The van der Waals surface area contributed by atoms with Crippen LogP contribution in [0.2, 0.25) is 0 Å².